The van der Waals surface area contributed by atoms with E-state index in [0.29, 0.717) is 5.92 Å². The van der Waals surface area contributed by atoms with Gasteiger partial charge in [-0.2, -0.15) is 0 Å². The summed E-state index contributed by atoms with van der Waals surface area (Å²) in [7, 11) is 0. The molecule has 2 N–H and O–H groups in total. The molecule has 0 aliphatic rings. The van der Waals surface area contributed by atoms with Gasteiger partial charge in [0.2, 0.25) is 0 Å². The molecule has 1 heterocycles. The van der Waals surface area contributed by atoms with Crippen molar-refractivity contribution >= 4 is 5.69 Å². The largest absolute Gasteiger partial charge is 0.397 e. The molecule has 0 spiro atoms. The molecular weight excluding hydrogens is 208 g/mol. The van der Waals surface area contributed by atoms with Crippen molar-refractivity contribution in [3.63, 3.8) is 0 Å². The molecule has 17 heavy (non-hydrogen) atoms. The van der Waals surface area contributed by atoms with Crippen LogP contribution in [0.25, 0.3) is 0 Å². The van der Waals surface area contributed by atoms with Gasteiger partial charge in [-0.3, -0.25) is 4.98 Å². The topological polar surface area (TPSA) is 38.9 Å². The third kappa shape index (κ3) is 2.84. The highest BCUT2D eigenvalue weighted by Gasteiger charge is 2.03. The van der Waals surface area contributed by atoms with E-state index in [2.05, 4.69) is 43.1 Å². The van der Waals surface area contributed by atoms with Crippen molar-refractivity contribution in [2.45, 2.75) is 26.2 Å². The molecule has 2 heteroatoms. The monoisotopic (exact) mass is 226 g/mol. The van der Waals surface area contributed by atoms with Crippen LogP contribution in [0, 0.1) is 0 Å². The summed E-state index contributed by atoms with van der Waals surface area (Å²) in [5.41, 5.74) is 10.2. The number of rotatable bonds is 3. The molecule has 2 nitrogen and oxygen atoms in total. The standard InChI is InChI=1S/C15H18N2/c1-11(2)13-7-5-12(6-8-13)10-15-14(16)4-3-9-17-15/h3-9,11H,10,16H2,1-2H3. The quantitative estimate of drug-likeness (QED) is 0.871. The highest BCUT2D eigenvalue weighted by atomic mass is 14.7. The number of pyridine rings is 1. The number of nitrogen functional groups attached to an aromatic ring is 1. The van der Waals surface area contributed by atoms with Crippen LogP contribution in [-0.2, 0) is 6.42 Å². The Balaban J connectivity index is 2.17. The zero-order valence-electron chi connectivity index (χ0n) is 10.4. The summed E-state index contributed by atoms with van der Waals surface area (Å²) in [4.78, 5) is 4.31. The molecule has 0 fully saturated rings. The smallest absolute Gasteiger partial charge is 0.0676 e. The van der Waals surface area contributed by atoms with Crippen LogP contribution in [0.3, 0.4) is 0 Å². The molecule has 0 amide bonds. The molecule has 0 aliphatic heterocycles. The number of nitrogens with zero attached hydrogens (tertiary/aromatic N) is 1. The molecule has 88 valence electrons. The van der Waals surface area contributed by atoms with Gasteiger partial charge in [-0.1, -0.05) is 38.1 Å². The van der Waals surface area contributed by atoms with Crippen LogP contribution in [0.4, 0.5) is 5.69 Å². The van der Waals surface area contributed by atoms with E-state index in [4.69, 9.17) is 5.73 Å². The van der Waals surface area contributed by atoms with E-state index in [1.165, 1.54) is 11.1 Å². The highest BCUT2D eigenvalue weighted by molar-refractivity contribution is 5.44. The number of benzene rings is 1. The van der Waals surface area contributed by atoms with Crippen LogP contribution >= 0.6 is 0 Å². The summed E-state index contributed by atoms with van der Waals surface area (Å²) in [6, 6.07) is 12.4. The minimum atomic E-state index is 0.573. The van der Waals surface area contributed by atoms with Crippen molar-refractivity contribution in [1.29, 1.82) is 0 Å². The van der Waals surface area contributed by atoms with Crippen molar-refractivity contribution in [3.05, 3.63) is 59.4 Å². The summed E-state index contributed by atoms with van der Waals surface area (Å²) < 4.78 is 0. The van der Waals surface area contributed by atoms with Gasteiger partial charge in [0.1, 0.15) is 0 Å². The van der Waals surface area contributed by atoms with Gasteiger partial charge in [0.15, 0.2) is 0 Å². The van der Waals surface area contributed by atoms with Crippen LogP contribution in [-0.4, -0.2) is 4.98 Å². The fourth-order valence-electron chi connectivity index (χ4n) is 1.81. The maximum absolute atomic E-state index is 5.88. The Morgan fingerprint density at radius 2 is 1.82 bits per heavy atom. The van der Waals surface area contributed by atoms with Crippen LogP contribution in [0.5, 0.6) is 0 Å². The molecule has 0 unspecified atom stereocenters. The second kappa shape index (κ2) is 5.00. The summed E-state index contributed by atoms with van der Waals surface area (Å²) in [6.07, 6.45) is 2.58. The number of nitrogens with two attached hydrogens (primary N) is 1. The SMILES string of the molecule is CC(C)c1ccc(Cc2ncccc2N)cc1. The first-order chi connectivity index (χ1) is 8.16. The lowest BCUT2D eigenvalue weighted by molar-refractivity contribution is 0.865. The van der Waals surface area contributed by atoms with Crippen molar-refractivity contribution < 1.29 is 0 Å². The van der Waals surface area contributed by atoms with E-state index in [0.717, 1.165) is 17.8 Å². The van der Waals surface area contributed by atoms with Gasteiger partial charge in [0, 0.05) is 12.6 Å². The van der Waals surface area contributed by atoms with Crippen LogP contribution in [0.1, 0.15) is 36.6 Å². The summed E-state index contributed by atoms with van der Waals surface area (Å²) in [5.74, 6) is 0.573. The molecule has 0 saturated carbocycles. The summed E-state index contributed by atoms with van der Waals surface area (Å²) >= 11 is 0. The molecule has 0 saturated heterocycles. The second-order valence-electron chi connectivity index (χ2n) is 4.61. The third-order valence-corrected chi connectivity index (χ3v) is 2.94. The molecule has 1 aromatic heterocycles. The Bertz CT molecular complexity index is 487. The fraction of sp³-hybridized carbons (Fsp3) is 0.267. The van der Waals surface area contributed by atoms with Crippen molar-refractivity contribution in [3.8, 4) is 0 Å². The van der Waals surface area contributed by atoms with E-state index in [1.54, 1.807) is 6.20 Å². The Kier molecular flexibility index (Phi) is 3.43. The van der Waals surface area contributed by atoms with Gasteiger partial charge in [-0.05, 0) is 29.2 Å². The Labute approximate surface area is 103 Å². The highest BCUT2D eigenvalue weighted by Crippen LogP contribution is 2.17. The molecule has 0 aliphatic carbocycles. The van der Waals surface area contributed by atoms with Crippen LogP contribution in [0.15, 0.2) is 42.6 Å². The number of anilines is 1. The van der Waals surface area contributed by atoms with Crippen molar-refractivity contribution in [1.82, 2.24) is 4.98 Å². The average Bonchev–Trinajstić information content (AvgIpc) is 2.33. The predicted molar refractivity (Wildman–Crippen MR) is 72.0 cm³/mol. The van der Waals surface area contributed by atoms with Crippen molar-refractivity contribution in [2.75, 3.05) is 5.73 Å². The zero-order chi connectivity index (χ0) is 12.3. The van der Waals surface area contributed by atoms with Gasteiger partial charge in [0.25, 0.3) is 0 Å². The second-order valence-corrected chi connectivity index (χ2v) is 4.61. The number of aromatic nitrogens is 1. The molecular formula is C15H18N2. The minimum Gasteiger partial charge on any atom is -0.397 e. The Hall–Kier alpha value is -1.83. The van der Waals surface area contributed by atoms with Gasteiger partial charge < -0.3 is 5.73 Å². The maximum atomic E-state index is 5.88. The first kappa shape index (κ1) is 11.6. The molecule has 2 rings (SSSR count). The lowest BCUT2D eigenvalue weighted by Gasteiger charge is -2.07. The van der Waals surface area contributed by atoms with E-state index in [-0.39, 0.29) is 0 Å². The number of hydrogen-bond acceptors (Lipinski definition) is 2. The van der Waals surface area contributed by atoms with Gasteiger partial charge >= 0.3 is 0 Å². The lowest BCUT2D eigenvalue weighted by atomic mass is 10.00. The summed E-state index contributed by atoms with van der Waals surface area (Å²) in [6.45, 7) is 4.40. The zero-order valence-corrected chi connectivity index (χ0v) is 10.4. The maximum Gasteiger partial charge on any atom is 0.0676 e. The first-order valence-electron chi connectivity index (χ1n) is 5.95. The van der Waals surface area contributed by atoms with Gasteiger partial charge in [-0.15, -0.1) is 0 Å². The molecule has 0 atom stereocenters. The predicted octanol–water partition coefficient (Wildman–Crippen LogP) is 3.38. The minimum absolute atomic E-state index is 0.573. The van der Waals surface area contributed by atoms with Crippen LogP contribution < -0.4 is 5.73 Å². The first-order valence-corrected chi connectivity index (χ1v) is 5.95. The van der Waals surface area contributed by atoms with Crippen molar-refractivity contribution in [2.24, 2.45) is 0 Å². The number of hydrogen-bond donors (Lipinski definition) is 1. The Morgan fingerprint density at radius 3 is 2.41 bits per heavy atom. The average molecular weight is 226 g/mol. The van der Waals surface area contributed by atoms with E-state index in [9.17, 15) is 0 Å². The fourth-order valence-corrected chi connectivity index (χ4v) is 1.81. The van der Waals surface area contributed by atoms with E-state index >= 15 is 0 Å². The van der Waals surface area contributed by atoms with E-state index in [1.807, 2.05) is 12.1 Å². The normalized spacial score (nSPS) is 10.8. The molecule has 0 bridgehead atoms. The Morgan fingerprint density at radius 1 is 1.12 bits per heavy atom. The summed E-state index contributed by atoms with van der Waals surface area (Å²) in [5, 5.41) is 0. The van der Waals surface area contributed by atoms with Gasteiger partial charge in [0.05, 0.1) is 11.4 Å². The molecule has 1 aromatic carbocycles. The van der Waals surface area contributed by atoms with E-state index < -0.39 is 0 Å². The molecule has 0 radical (unpaired) electrons. The molecule has 2 aromatic rings. The lowest BCUT2D eigenvalue weighted by Crippen LogP contribution is -1.98. The van der Waals surface area contributed by atoms with Crippen LogP contribution in [0.2, 0.25) is 0 Å². The van der Waals surface area contributed by atoms with Gasteiger partial charge in [-0.25, -0.2) is 0 Å². The third-order valence-electron chi connectivity index (χ3n) is 2.94.